The number of rotatable bonds is 6. The Morgan fingerprint density at radius 2 is 1.89 bits per heavy atom. The van der Waals surface area contributed by atoms with E-state index in [1.54, 1.807) is 0 Å². The van der Waals surface area contributed by atoms with E-state index in [0.717, 1.165) is 13.2 Å². The molecule has 0 spiro atoms. The Labute approximate surface area is 163 Å². The summed E-state index contributed by atoms with van der Waals surface area (Å²) in [5.74, 6) is -3.20. The van der Waals surface area contributed by atoms with Gasteiger partial charge in [0.2, 0.25) is 11.0 Å². The van der Waals surface area contributed by atoms with E-state index in [1.807, 2.05) is 0 Å². The number of phenols is 1. The first-order valence-corrected chi connectivity index (χ1v) is 9.02. The van der Waals surface area contributed by atoms with E-state index in [4.69, 9.17) is 0 Å². The first-order chi connectivity index (χ1) is 13.2. The van der Waals surface area contributed by atoms with Crippen LogP contribution in [0.2, 0.25) is 0 Å². The number of phenolic OH excluding ortho intramolecular Hbond substituents is 1. The normalized spacial score (nSPS) is 11.6. The number of ether oxygens (including phenoxy) is 1. The molecule has 0 saturated heterocycles. The van der Waals surface area contributed by atoms with Gasteiger partial charge in [-0.15, -0.1) is 0 Å². The van der Waals surface area contributed by atoms with Gasteiger partial charge in [-0.3, -0.25) is 9.59 Å². The zero-order valence-electron chi connectivity index (χ0n) is 15.0. The molecule has 2 aromatic rings. The molecule has 2 N–H and O–H groups in total. The lowest BCUT2D eigenvalue weighted by molar-refractivity contribution is -0.144. The van der Waals surface area contributed by atoms with Crippen LogP contribution in [0.25, 0.3) is 11.1 Å². The van der Waals surface area contributed by atoms with Gasteiger partial charge in [-0.25, -0.2) is 13.6 Å². The third-order valence-electron chi connectivity index (χ3n) is 3.70. The van der Waals surface area contributed by atoms with Crippen LogP contribution < -0.4 is 5.32 Å². The van der Waals surface area contributed by atoms with E-state index in [1.165, 1.54) is 31.2 Å². The molecule has 0 bridgehead atoms. The number of benzene rings is 2. The number of esters is 1. The van der Waals surface area contributed by atoms with E-state index in [0.29, 0.717) is 17.8 Å². The monoisotopic (exact) mass is 409 g/mol. The molecule has 9 heteroatoms. The van der Waals surface area contributed by atoms with E-state index in [2.05, 4.69) is 10.1 Å². The average Bonchev–Trinajstić information content (AvgIpc) is 2.64. The lowest BCUT2D eigenvalue weighted by Gasteiger charge is -2.15. The van der Waals surface area contributed by atoms with Crippen LogP contribution in [0, 0.1) is 11.6 Å². The second kappa shape index (κ2) is 9.32. The summed E-state index contributed by atoms with van der Waals surface area (Å²) in [7, 11) is 1.15. The zero-order chi connectivity index (χ0) is 20.8. The van der Waals surface area contributed by atoms with Crippen LogP contribution in [-0.2, 0) is 14.3 Å². The van der Waals surface area contributed by atoms with Gasteiger partial charge < -0.3 is 15.2 Å². The lowest BCUT2D eigenvalue weighted by atomic mass is 10.0. The van der Waals surface area contributed by atoms with Crippen LogP contribution in [0.1, 0.15) is 17.3 Å². The first kappa shape index (κ1) is 21.4. The van der Waals surface area contributed by atoms with Gasteiger partial charge in [0.25, 0.3) is 0 Å². The highest BCUT2D eigenvalue weighted by molar-refractivity contribution is 8.14. The Hall–Kier alpha value is -2.94. The molecule has 0 aliphatic heterocycles. The van der Waals surface area contributed by atoms with Crippen LogP contribution >= 0.6 is 11.8 Å². The SMILES string of the molecule is COC(=O)[C@@H](CSC(=O)c1cc(-c2ccc(F)cc2F)ccc1O)NC(C)=O. The molecule has 0 radical (unpaired) electrons. The number of carbonyl (C=O) groups is 3. The van der Waals surface area contributed by atoms with E-state index in [-0.39, 0.29) is 28.2 Å². The summed E-state index contributed by atoms with van der Waals surface area (Å²) in [4.78, 5) is 35.3. The predicted octanol–water partition coefficient (Wildman–Crippen LogP) is 2.89. The third kappa shape index (κ3) is 5.29. The van der Waals surface area contributed by atoms with Crippen molar-refractivity contribution < 1.29 is 33.0 Å². The number of nitrogens with one attached hydrogen (secondary N) is 1. The fraction of sp³-hybridized carbons (Fsp3) is 0.211. The Morgan fingerprint density at radius 3 is 2.50 bits per heavy atom. The highest BCUT2D eigenvalue weighted by Crippen LogP contribution is 2.30. The predicted molar refractivity (Wildman–Crippen MR) is 99.9 cm³/mol. The van der Waals surface area contributed by atoms with Gasteiger partial charge in [-0.2, -0.15) is 0 Å². The Morgan fingerprint density at radius 1 is 1.18 bits per heavy atom. The quantitative estimate of drug-likeness (QED) is 0.713. The molecule has 28 heavy (non-hydrogen) atoms. The number of amides is 1. The van der Waals surface area contributed by atoms with Gasteiger partial charge in [-0.1, -0.05) is 17.8 Å². The fourth-order valence-corrected chi connectivity index (χ4v) is 3.24. The molecule has 0 unspecified atom stereocenters. The van der Waals surface area contributed by atoms with Gasteiger partial charge >= 0.3 is 5.97 Å². The molecule has 148 valence electrons. The van der Waals surface area contributed by atoms with Crippen LogP contribution in [0.3, 0.4) is 0 Å². The molecule has 0 aliphatic carbocycles. The molecule has 1 amide bonds. The molecular formula is C19H17F2NO5S. The summed E-state index contributed by atoms with van der Waals surface area (Å²) in [6, 6.07) is 5.85. The molecule has 0 fully saturated rings. The van der Waals surface area contributed by atoms with Crippen molar-refractivity contribution >= 4 is 28.8 Å². The third-order valence-corrected chi connectivity index (χ3v) is 4.68. The minimum atomic E-state index is -1.05. The van der Waals surface area contributed by atoms with Gasteiger partial charge in [0.15, 0.2) is 0 Å². The van der Waals surface area contributed by atoms with Crippen LogP contribution in [-0.4, -0.2) is 41.0 Å². The molecule has 0 aliphatic rings. The largest absolute Gasteiger partial charge is 0.507 e. The van der Waals surface area contributed by atoms with E-state index < -0.39 is 34.7 Å². The summed E-state index contributed by atoms with van der Waals surface area (Å²) in [5, 5.41) is 11.8. The number of methoxy groups -OCH3 is 1. The standard InChI is InChI=1S/C19H17F2NO5S/c1-10(23)22-16(18(25)27-2)9-28-19(26)14-7-11(3-6-17(14)24)13-5-4-12(20)8-15(13)21/h3-8,16,24H,9H2,1-2H3,(H,22,23)/t16-/m1/s1. The number of hydrogen-bond acceptors (Lipinski definition) is 6. The highest BCUT2D eigenvalue weighted by atomic mass is 32.2. The number of halogens is 2. The van der Waals surface area contributed by atoms with E-state index in [9.17, 15) is 28.3 Å². The van der Waals surface area contributed by atoms with Crippen LogP contribution in [0.5, 0.6) is 5.75 Å². The first-order valence-electron chi connectivity index (χ1n) is 8.03. The second-order valence-corrected chi connectivity index (χ2v) is 6.72. The number of carbonyl (C=O) groups excluding carboxylic acids is 3. The summed E-state index contributed by atoms with van der Waals surface area (Å²) in [6.45, 7) is 1.22. The van der Waals surface area contributed by atoms with Crippen molar-refractivity contribution in [1.82, 2.24) is 5.32 Å². The Bertz CT molecular complexity index is 919. The van der Waals surface area contributed by atoms with Crippen molar-refractivity contribution in [2.45, 2.75) is 13.0 Å². The Kier molecular flexibility index (Phi) is 7.11. The average molecular weight is 409 g/mol. The smallest absolute Gasteiger partial charge is 0.329 e. The lowest BCUT2D eigenvalue weighted by Crippen LogP contribution is -2.42. The maximum absolute atomic E-state index is 14.0. The van der Waals surface area contributed by atoms with Gasteiger partial charge in [0.05, 0.1) is 12.7 Å². The molecule has 0 heterocycles. The summed E-state index contributed by atoms with van der Waals surface area (Å²) < 4.78 is 31.7. The van der Waals surface area contributed by atoms with Gasteiger partial charge in [-0.05, 0) is 29.8 Å². The van der Waals surface area contributed by atoms with Crippen molar-refractivity contribution in [2.24, 2.45) is 0 Å². The zero-order valence-corrected chi connectivity index (χ0v) is 15.8. The van der Waals surface area contributed by atoms with Gasteiger partial charge in [0, 0.05) is 24.3 Å². The number of thioether (sulfide) groups is 1. The Balaban J connectivity index is 2.23. The molecule has 2 aromatic carbocycles. The van der Waals surface area contributed by atoms with Crippen molar-refractivity contribution in [3.05, 3.63) is 53.6 Å². The van der Waals surface area contributed by atoms with Crippen molar-refractivity contribution in [1.29, 1.82) is 0 Å². The molecule has 6 nitrogen and oxygen atoms in total. The van der Waals surface area contributed by atoms with Crippen LogP contribution in [0.4, 0.5) is 8.78 Å². The topological polar surface area (TPSA) is 92.7 Å². The molecule has 0 aromatic heterocycles. The molecule has 1 atom stereocenters. The number of hydrogen-bond donors (Lipinski definition) is 2. The second-order valence-electron chi connectivity index (χ2n) is 5.73. The fourth-order valence-electron chi connectivity index (χ4n) is 2.38. The van der Waals surface area contributed by atoms with Gasteiger partial charge in [0.1, 0.15) is 23.4 Å². The minimum Gasteiger partial charge on any atom is -0.507 e. The molecule has 0 saturated carbocycles. The molecule has 2 rings (SSSR count). The van der Waals surface area contributed by atoms with Crippen LogP contribution in [0.15, 0.2) is 36.4 Å². The van der Waals surface area contributed by atoms with E-state index >= 15 is 0 Å². The van der Waals surface area contributed by atoms with Crippen molar-refractivity contribution in [3.63, 3.8) is 0 Å². The highest BCUT2D eigenvalue weighted by Gasteiger charge is 2.23. The molecular weight excluding hydrogens is 392 g/mol. The van der Waals surface area contributed by atoms with Crippen molar-refractivity contribution in [2.75, 3.05) is 12.9 Å². The summed E-state index contributed by atoms with van der Waals surface area (Å²) in [6.07, 6.45) is 0. The summed E-state index contributed by atoms with van der Waals surface area (Å²) >= 11 is 0.680. The minimum absolute atomic E-state index is 0.0612. The maximum Gasteiger partial charge on any atom is 0.329 e. The maximum atomic E-state index is 14.0. The summed E-state index contributed by atoms with van der Waals surface area (Å²) in [5.41, 5.74) is 0.217. The van der Waals surface area contributed by atoms with Crippen molar-refractivity contribution in [3.8, 4) is 16.9 Å². The number of aromatic hydroxyl groups is 1.